The number of hydrogen-bond donors (Lipinski definition) is 3. The van der Waals surface area contributed by atoms with Gasteiger partial charge in [-0.25, -0.2) is 0 Å². The summed E-state index contributed by atoms with van der Waals surface area (Å²) in [6.07, 6.45) is 0. The number of fused-ring (bicyclic) bond motifs is 1. The minimum absolute atomic E-state index is 0.0624. The molecule has 1 aromatic carbocycles. The maximum absolute atomic E-state index is 11.3. The SMILES string of the molecule is Cc1cc2c(cc1N1CCNC1=N)NC(=O)CO2. The average molecular weight is 246 g/mol. The molecule has 0 spiro atoms. The minimum atomic E-state index is -0.146. The first-order valence-corrected chi connectivity index (χ1v) is 5.82. The number of anilines is 2. The predicted molar refractivity (Wildman–Crippen MR) is 68.4 cm³/mol. The van der Waals surface area contributed by atoms with E-state index in [0.29, 0.717) is 17.4 Å². The molecule has 2 heterocycles. The molecule has 0 aliphatic carbocycles. The van der Waals surface area contributed by atoms with Gasteiger partial charge in [0, 0.05) is 18.8 Å². The lowest BCUT2D eigenvalue weighted by Crippen LogP contribution is -2.30. The van der Waals surface area contributed by atoms with Gasteiger partial charge < -0.3 is 20.3 Å². The van der Waals surface area contributed by atoms with Crippen molar-refractivity contribution in [3.05, 3.63) is 17.7 Å². The summed E-state index contributed by atoms with van der Waals surface area (Å²) in [6.45, 7) is 3.55. The summed E-state index contributed by atoms with van der Waals surface area (Å²) in [5.41, 5.74) is 2.62. The standard InChI is InChI=1S/C12H14N4O2/c1-7-4-10-8(15-11(17)6-18-10)5-9(7)16-3-2-14-12(16)13/h4-5H,2-3,6H2,1H3,(H2,13,14)(H,15,17). The maximum atomic E-state index is 11.3. The Morgan fingerprint density at radius 3 is 3.00 bits per heavy atom. The lowest BCUT2D eigenvalue weighted by molar-refractivity contribution is -0.118. The van der Waals surface area contributed by atoms with Crippen molar-refractivity contribution in [2.24, 2.45) is 0 Å². The topological polar surface area (TPSA) is 77.5 Å². The smallest absolute Gasteiger partial charge is 0.262 e. The molecule has 1 amide bonds. The molecule has 1 aromatic rings. The summed E-state index contributed by atoms with van der Waals surface area (Å²) < 4.78 is 5.36. The lowest BCUT2D eigenvalue weighted by atomic mass is 10.1. The number of aryl methyl sites for hydroxylation is 1. The van der Waals surface area contributed by atoms with Gasteiger partial charge in [-0.3, -0.25) is 10.2 Å². The van der Waals surface area contributed by atoms with Crippen molar-refractivity contribution in [3.63, 3.8) is 0 Å². The van der Waals surface area contributed by atoms with Gasteiger partial charge in [-0.2, -0.15) is 0 Å². The molecule has 1 saturated heterocycles. The van der Waals surface area contributed by atoms with Crippen LogP contribution < -0.4 is 20.3 Å². The Morgan fingerprint density at radius 2 is 2.28 bits per heavy atom. The molecule has 0 atom stereocenters. The Kier molecular flexibility index (Phi) is 2.36. The first-order chi connectivity index (χ1) is 8.65. The molecule has 6 heteroatoms. The van der Waals surface area contributed by atoms with Crippen molar-refractivity contribution in [1.29, 1.82) is 5.41 Å². The van der Waals surface area contributed by atoms with E-state index in [0.717, 1.165) is 24.3 Å². The summed E-state index contributed by atoms with van der Waals surface area (Å²) in [7, 11) is 0. The second-order valence-electron chi connectivity index (χ2n) is 4.40. The van der Waals surface area contributed by atoms with Crippen molar-refractivity contribution in [2.75, 3.05) is 29.9 Å². The van der Waals surface area contributed by atoms with Crippen molar-refractivity contribution in [3.8, 4) is 5.75 Å². The van der Waals surface area contributed by atoms with Crippen molar-refractivity contribution in [2.45, 2.75) is 6.92 Å². The van der Waals surface area contributed by atoms with E-state index >= 15 is 0 Å². The first-order valence-electron chi connectivity index (χ1n) is 5.82. The highest BCUT2D eigenvalue weighted by Gasteiger charge is 2.23. The minimum Gasteiger partial charge on any atom is -0.482 e. The number of benzene rings is 1. The molecule has 1 fully saturated rings. The van der Waals surface area contributed by atoms with E-state index < -0.39 is 0 Å². The van der Waals surface area contributed by atoms with Crippen LogP contribution in [-0.2, 0) is 4.79 Å². The highest BCUT2D eigenvalue weighted by molar-refractivity contribution is 6.00. The number of carbonyl (C=O) groups excluding carboxylic acids is 1. The van der Waals surface area contributed by atoms with Gasteiger partial charge in [-0.1, -0.05) is 0 Å². The van der Waals surface area contributed by atoms with E-state index in [1.54, 1.807) is 0 Å². The Morgan fingerprint density at radius 1 is 1.44 bits per heavy atom. The van der Waals surface area contributed by atoms with E-state index in [1.807, 2.05) is 24.0 Å². The van der Waals surface area contributed by atoms with Gasteiger partial charge in [-0.05, 0) is 24.6 Å². The van der Waals surface area contributed by atoms with Gasteiger partial charge in [0.05, 0.1) is 5.69 Å². The van der Waals surface area contributed by atoms with Gasteiger partial charge in [0.2, 0.25) is 0 Å². The molecule has 0 unspecified atom stereocenters. The normalized spacial score (nSPS) is 17.9. The predicted octanol–water partition coefficient (Wildman–Crippen LogP) is 0.670. The fourth-order valence-electron chi connectivity index (χ4n) is 2.24. The number of nitrogens with one attached hydrogen (secondary N) is 3. The second kappa shape index (κ2) is 3.90. The quantitative estimate of drug-likeness (QED) is 0.680. The van der Waals surface area contributed by atoms with Crippen LogP contribution in [0.15, 0.2) is 12.1 Å². The summed E-state index contributed by atoms with van der Waals surface area (Å²) in [4.78, 5) is 13.2. The zero-order valence-electron chi connectivity index (χ0n) is 10.0. The number of carbonyl (C=O) groups is 1. The van der Waals surface area contributed by atoms with E-state index in [1.165, 1.54) is 0 Å². The van der Waals surface area contributed by atoms with Gasteiger partial charge in [0.1, 0.15) is 5.75 Å². The highest BCUT2D eigenvalue weighted by atomic mass is 16.5. The molecular formula is C12H14N4O2. The zero-order chi connectivity index (χ0) is 12.7. The third-order valence-corrected chi connectivity index (χ3v) is 3.12. The molecule has 2 aliphatic heterocycles. The van der Waals surface area contributed by atoms with Crippen LogP contribution in [0.4, 0.5) is 11.4 Å². The Labute approximate surface area is 104 Å². The Hall–Kier alpha value is -2.24. The molecule has 0 aromatic heterocycles. The molecule has 18 heavy (non-hydrogen) atoms. The molecule has 0 radical (unpaired) electrons. The summed E-state index contributed by atoms with van der Waals surface area (Å²) >= 11 is 0. The van der Waals surface area contributed by atoms with Gasteiger partial charge in [0.25, 0.3) is 5.91 Å². The maximum Gasteiger partial charge on any atom is 0.262 e. The number of hydrogen-bond acceptors (Lipinski definition) is 3. The van der Waals surface area contributed by atoms with Crippen LogP contribution in [0.1, 0.15) is 5.56 Å². The fourth-order valence-corrected chi connectivity index (χ4v) is 2.24. The molecule has 2 aliphatic rings. The van der Waals surface area contributed by atoms with E-state index in [4.69, 9.17) is 10.1 Å². The van der Waals surface area contributed by atoms with Crippen LogP contribution in [-0.4, -0.2) is 31.6 Å². The van der Waals surface area contributed by atoms with Crippen molar-refractivity contribution in [1.82, 2.24) is 5.32 Å². The molecule has 3 rings (SSSR count). The van der Waals surface area contributed by atoms with Crippen LogP contribution in [0.3, 0.4) is 0 Å². The summed E-state index contributed by atoms with van der Waals surface area (Å²) in [6, 6.07) is 3.76. The van der Waals surface area contributed by atoms with Crippen LogP contribution in [0.25, 0.3) is 0 Å². The van der Waals surface area contributed by atoms with Gasteiger partial charge >= 0.3 is 0 Å². The van der Waals surface area contributed by atoms with Gasteiger partial charge in [0.15, 0.2) is 12.6 Å². The Bertz CT molecular complexity index is 541. The van der Waals surface area contributed by atoms with Gasteiger partial charge in [-0.15, -0.1) is 0 Å². The van der Waals surface area contributed by atoms with E-state index in [-0.39, 0.29) is 12.5 Å². The fraction of sp³-hybridized carbons (Fsp3) is 0.333. The third-order valence-electron chi connectivity index (χ3n) is 3.12. The summed E-state index contributed by atoms with van der Waals surface area (Å²) in [5, 5.41) is 13.6. The molecule has 3 N–H and O–H groups in total. The van der Waals surface area contributed by atoms with Crippen LogP contribution in [0.5, 0.6) is 5.75 Å². The van der Waals surface area contributed by atoms with Crippen LogP contribution >= 0.6 is 0 Å². The summed E-state index contributed by atoms with van der Waals surface area (Å²) in [5.74, 6) is 0.933. The largest absolute Gasteiger partial charge is 0.482 e. The number of nitrogens with zero attached hydrogens (tertiary/aromatic N) is 1. The number of guanidine groups is 1. The monoisotopic (exact) mass is 246 g/mol. The Balaban J connectivity index is 2.02. The van der Waals surface area contributed by atoms with Crippen molar-refractivity contribution < 1.29 is 9.53 Å². The first kappa shape index (κ1) is 10.9. The third kappa shape index (κ3) is 1.66. The molecule has 94 valence electrons. The second-order valence-corrected chi connectivity index (χ2v) is 4.40. The number of amides is 1. The highest BCUT2D eigenvalue weighted by Crippen LogP contribution is 2.35. The van der Waals surface area contributed by atoms with E-state index in [9.17, 15) is 4.79 Å². The van der Waals surface area contributed by atoms with Crippen LogP contribution in [0, 0.1) is 12.3 Å². The zero-order valence-corrected chi connectivity index (χ0v) is 10.0. The molecule has 0 bridgehead atoms. The molecule has 6 nitrogen and oxygen atoms in total. The molecular weight excluding hydrogens is 232 g/mol. The number of rotatable bonds is 1. The lowest BCUT2D eigenvalue weighted by Gasteiger charge is -2.24. The molecule has 0 saturated carbocycles. The van der Waals surface area contributed by atoms with E-state index in [2.05, 4.69) is 10.6 Å². The van der Waals surface area contributed by atoms with Crippen molar-refractivity contribution >= 4 is 23.2 Å². The van der Waals surface area contributed by atoms with Crippen LogP contribution in [0.2, 0.25) is 0 Å². The number of ether oxygens (including phenoxy) is 1. The average Bonchev–Trinajstić information content (AvgIpc) is 2.75.